The maximum atomic E-state index is 3.88. The summed E-state index contributed by atoms with van der Waals surface area (Å²) in [5, 5.41) is 0. The molecule has 16 heavy (non-hydrogen) atoms. The third-order valence-electron chi connectivity index (χ3n) is 3.07. The molecule has 92 valence electrons. The molecule has 0 aliphatic heterocycles. The van der Waals surface area contributed by atoms with E-state index in [-0.39, 0.29) is 0 Å². The van der Waals surface area contributed by atoms with Crippen LogP contribution in [0.2, 0.25) is 0 Å². The lowest BCUT2D eigenvalue weighted by Gasteiger charge is -2.31. The molecule has 0 rings (SSSR count). The average Bonchev–Trinajstić information content (AvgIpc) is 2.26. The van der Waals surface area contributed by atoms with Crippen molar-refractivity contribution in [2.45, 2.75) is 44.9 Å². The summed E-state index contributed by atoms with van der Waals surface area (Å²) >= 11 is 2.45. The van der Waals surface area contributed by atoms with E-state index in [9.17, 15) is 0 Å². The van der Waals surface area contributed by atoms with Gasteiger partial charge in [-0.15, -0.1) is 19.7 Å². The molecule has 0 nitrogen and oxygen atoms in total. The van der Waals surface area contributed by atoms with Crippen molar-refractivity contribution in [1.29, 1.82) is 0 Å². The van der Waals surface area contributed by atoms with Crippen molar-refractivity contribution in [2.24, 2.45) is 5.41 Å². The van der Waals surface area contributed by atoms with Crippen LogP contribution in [0.25, 0.3) is 0 Å². The Morgan fingerprint density at radius 1 is 0.812 bits per heavy atom. The van der Waals surface area contributed by atoms with Crippen molar-refractivity contribution < 1.29 is 0 Å². The largest absolute Gasteiger partial charge is 0.103 e. The fourth-order valence-electron chi connectivity index (χ4n) is 2.25. The molecule has 0 amide bonds. The van der Waals surface area contributed by atoms with Gasteiger partial charge in [0.2, 0.25) is 0 Å². The van der Waals surface area contributed by atoms with Crippen LogP contribution in [-0.2, 0) is 0 Å². The number of allylic oxidation sites excluding steroid dienone is 3. The lowest BCUT2D eigenvalue weighted by molar-refractivity contribution is 0.262. The maximum absolute atomic E-state index is 3.88. The van der Waals surface area contributed by atoms with Gasteiger partial charge in [-0.3, -0.25) is 0 Å². The van der Waals surface area contributed by atoms with Gasteiger partial charge in [0, 0.05) is 0 Å². The van der Waals surface area contributed by atoms with Crippen molar-refractivity contribution in [3.63, 3.8) is 0 Å². The summed E-state index contributed by atoms with van der Waals surface area (Å²) in [5.74, 6) is 0. The van der Waals surface area contributed by atoms with E-state index in [0.29, 0.717) is 5.41 Å². The van der Waals surface area contributed by atoms with E-state index in [1.807, 2.05) is 18.2 Å². The zero-order chi connectivity index (χ0) is 12.3. The van der Waals surface area contributed by atoms with E-state index >= 15 is 0 Å². The third kappa shape index (κ3) is 6.51. The van der Waals surface area contributed by atoms with Crippen LogP contribution in [0.1, 0.15) is 44.9 Å². The lowest BCUT2D eigenvalue weighted by atomic mass is 9.74. The standard InChI is InChI=1S/C15H25I/c1-4-10-15(11-5-2,12-6-3)13-8-7-9-14-16/h4-6H,1-3,7-14H2. The molecule has 0 N–H and O–H groups in total. The first-order chi connectivity index (χ1) is 7.74. The first kappa shape index (κ1) is 16.0. The normalized spacial score (nSPS) is 11.1. The predicted molar refractivity (Wildman–Crippen MR) is 84.2 cm³/mol. The van der Waals surface area contributed by atoms with Crippen LogP contribution < -0.4 is 0 Å². The van der Waals surface area contributed by atoms with Crippen LogP contribution in [0.3, 0.4) is 0 Å². The van der Waals surface area contributed by atoms with Gasteiger partial charge in [-0.2, -0.15) is 0 Å². The van der Waals surface area contributed by atoms with Gasteiger partial charge >= 0.3 is 0 Å². The number of rotatable bonds is 11. The van der Waals surface area contributed by atoms with Gasteiger partial charge in [0.1, 0.15) is 0 Å². The zero-order valence-electron chi connectivity index (χ0n) is 10.4. The molecular weight excluding hydrogens is 307 g/mol. The lowest BCUT2D eigenvalue weighted by Crippen LogP contribution is -2.18. The van der Waals surface area contributed by atoms with E-state index in [1.165, 1.54) is 30.1 Å². The van der Waals surface area contributed by atoms with Crippen molar-refractivity contribution in [3.8, 4) is 0 Å². The highest BCUT2D eigenvalue weighted by Gasteiger charge is 2.25. The molecule has 0 atom stereocenters. The topological polar surface area (TPSA) is 0 Å². The molecule has 0 radical (unpaired) electrons. The van der Waals surface area contributed by atoms with Gasteiger partial charge in [-0.05, 0) is 41.9 Å². The van der Waals surface area contributed by atoms with E-state index in [1.54, 1.807) is 0 Å². The quantitative estimate of drug-likeness (QED) is 0.197. The number of unbranched alkanes of at least 4 members (excludes halogenated alkanes) is 2. The van der Waals surface area contributed by atoms with Crippen LogP contribution in [0.15, 0.2) is 38.0 Å². The summed E-state index contributed by atoms with van der Waals surface area (Å²) in [5.41, 5.74) is 0.344. The molecule has 0 aromatic carbocycles. The first-order valence-corrected chi connectivity index (χ1v) is 7.66. The van der Waals surface area contributed by atoms with Gasteiger partial charge in [-0.1, -0.05) is 53.7 Å². The molecule has 0 aromatic heterocycles. The number of hydrogen-bond donors (Lipinski definition) is 0. The smallest absolute Gasteiger partial charge is 0.000473 e. The monoisotopic (exact) mass is 332 g/mol. The predicted octanol–water partition coefficient (Wildman–Crippen LogP) is 5.70. The molecule has 0 saturated heterocycles. The molecule has 1 heteroatoms. The second-order valence-electron chi connectivity index (χ2n) is 4.48. The highest BCUT2D eigenvalue weighted by Crippen LogP contribution is 2.37. The van der Waals surface area contributed by atoms with E-state index < -0.39 is 0 Å². The molecule has 0 heterocycles. The molecule has 0 aliphatic rings. The number of alkyl halides is 1. The number of hydrogen-bond acceptors (Lipinski definition) is 0. The molecular formula is C15H25I. The van der Waals surface area contributed by atoms with E-state index in [2.05, 4.69) is 42.3 Å². The minimum atomic E-state index is 0.344. The molecule has 0 spiro atoms. The van der Waals surface area contributed by atoms with Crippen molar-refractivity contribution >= 4 is 22.6 Å². The molecule has 0 unspecified atom stereocenters. The highest BCUT2D eigenvalue weighted by atomic mass is 127. The van der Waals surface area contributed by atoms with Gasteiger partial charge in [-0.25, -0.2) is 0 Å². The van der Waals surface area contributed by atoms with Crippen LogP contribution in [0.4, 0.5) is 0 Å². The molecule has 0 aliphatic carbocycles. The summed E-state index contributed by atoms with van der Waals surface area (Å²) in [7, 11) is 0. The van der Waals surface area contributed by atoms with Crippen molar-refractivity contribution in [2.75, 3.05) is 4.43 Å². The molecule has 0 saturated carbocycles. The summed E-state index contributed by atoms with van der Waals surface area (Å²) in [6.07, 6.45) is 14.6. The summed E-state index contributed by atoms with van der Waals surface area (Å²) in [6, 6.07) is 0. The maximum Gasteiger partial charge on any atom is -0.000473 e. The Morgan fingerprint density at radius 2 is 1.31 bits per heavy atom. The first-order valence-electron chi connectivity index (χ1n) is 6.13. The van der Waals surface area contributed by atoms with Gasteiger partial charge in [0.25, 0.3) is 0 Å². The van der Waals surface area contributed by atoms with Crippen LogP contribution in [0, 0.1) is 5.41 Å². The summed E-state index contributed by atoms with van der Waals surface area (Å²) in [6.45, 7) is 11.7. The van der Waals surface area contributed by atoms with Crippen molar-refractivity contribution in [1.82, 2.24) is 0 Å². The Bertz CT molecular complexity index is 179. The Balaban J connectivity index is 4.28. The molecule has 0 bridgehead atoms. The van der Waals surface area contributed by atoms with Gasteiger partial charge < -0.3 is 0 Å². The summed E-state index contributed by atoms with van der Waals surface area (Å²) < 4.78 is 1.27. The Morgan fingerprint density at radius 3 is 1.69 bits per heavy atom. The van der Waals surface area contributed by atoms with E-state index in [4.69, 9.17) is 0 Å². The van der Waals surface area contributed by atoms with Crippen LogP contribution in [0.5, 0.6) is 0 Å². The Kier molecular flexibility index (Phi) is 10.1. The molecule has 0 fully saturated rings. The minimum absolute atomic E-state index is 0.344. The third-order valence-corrected chi connectivity index (χ3v) is 3.84. The zero-order valence-corrected chi connectivity index (χ0v) is 12.5. The van der Waals surface area contributed by atoms with Gasteiger partial charge in [0.15, 0.2) is 0 Å². The Labute approximate surface area is 115 Å². The highest BCUT2D eigenvalue weighted by molar-refractivity contribution is 14.1. The molecule has 0 aromatic rings. The Hall–Kier alpha value is -0.0500. The minimum Gasteiger partial charge on any atom is -0.103 e. The van der Waals surface area contributed by atoms with Gasteiger partial charge in [0.05, 0.1) is 0 Å². The number of halogens is 1. The SMILES string of the molecule is C=CCC(CC=C)(CC=C)CCCCCI. The van der Waals surface area contributed by atoms with Crippen molar-refractivity contribution in [3.05, 3.63) is 38.0 Å². The second-order valence-corrected chi connectivity index (χ2v) is 5.56. The summed E-state index contributed by atoms with van der Waals surface area (Å²) in [4.78, 5) is 0. The average molecular weight is 332 g/mol. The fraction of sp³-hybridized carbons (Fsp3) is 0.600. The fourth-order valence-corrected chi connectivity index (χ4v) is 2.79. The van der Waals surface area contributed by atoms with Crippen LogP contribution >= 0.6 is 22.6 Å². The second kappa shape index (κ2) is 10.1. The van der Waals surface area contributed by atoms with Crippen LogP contribution in [-0.4, -0.2) is 4.43 Å². The van der Waals surface area contributed by atoms with E-state index in [0.717, 1.165) is 19.3 Å².